The number of carbonyl (C=O) groups is 1. The molecule has 0 spiro atoms. The first-order valence-corrected chi connectivity index (χ1v) is 10.5. The average Bonchev–Trinajstić information content (AvgIpc) is 3.22. The maximum absolute atomic E-state index is 14.2. The van der Waals surface area contributed by atoms with Crippen molar-refractivity contribution >= 4 is 21.6 Å². The fourth-order valence-electron chi connectivity index (χ4n) is 3.14. The summed E-state index contributed by atoms with van der Waals surface area (Å²) in [6.07, 6.45) is -9.10. The Morgan fingerprint density at radius 2 is 1.41 bits per heavy atom. The molecule has 0 unspecified atom stereocenters. The van der Waals surface area contributed by atoms with Crippen molar-refractivity contribution in [1.82, 2.24) is 4.31 Å². The maximum atomic E-state index is 14.2. The Kier molecular flexibility index (Phi) is 6.26. The van der Waals surface area contributed by atoms with Crippen molar-refractivity contribution in [3.8, 4) is 0 Å². The van der Waals surface area contributed by atoms with Gasteiger partial charge in [-0.3, -0.25) is 4.79 Å². The number of alkyl halides is 6. The Morgan fingerprint density at radius 3 is 1.91 bits per heavy atom. The minimum atomic E-state index is -5.12. The van der Waals surface area contributed by atoms with Gasteiger partial charge in [-0.05, 0) is 49.2 Å². The highest BCUT2D eigenvalue weighted by Gasteiger charge is 2.37. The monoisotopic (exact) mass is 484 g/mol. The van der Waals surface area contributed by atoms with E-state index in [0.29, 0.717) is 37.1 Å². The molecule has 0 aliphatic carbocycles. The molecule has 1 amide bonds. The molecule has 13 heteroatoms. The molecule has 2 aromatic carbocycles. The van der Waals surface area contributed by atoms with Crippen LogP contribution in [0.3, 0.4) is 0 Å². The molecule has 32 heavy (non-hydrogen) atoms. The zero-order valence-corrected chi connectivity index (χ0v) is 16.8. The average molecular weight is 484 g/mol. The van der Waals surface area contributed by atoms with Crippen molar-refractivity contribution in [3.63, 3.8) is 0 Å². The normalized spacial score (nSPS) is 15.7. The summed E-state index contributed by atoms with van der Waals surface area (Å²) in [7, 11) is -4.27. The molecule has 1 heterocycles. The van der Waals surface area contributed by atoms with E-state index in [-0.39, 0.29) is 19.2 Å². The minimum absolute atomic E-state index is 0.103. The van der Waals surface area contributed by atoms with E-state index < -0.39 is 61.4 Å². The number of halogens is 7. The van der Waals surface area contributed by atoms with E-state index in [1.807, 2.05) is 5.32 Å². The second kappa shape index (κ2) is 8.35. The van der Waals surface area contributed by atoms with Gasteiger partial charge in [0.1, 0.15) is 10.7 Å². The second-order valence-corrected chi connectivity index (χ2v) is 8.91. The summed E-state index contributed by atoms with van der Waals surface area (Å²) in [5, 5.41) is 1.88. The fraction of sp³-hybridized carbons (Fsp3) is 0.316. The predicted octanol–water partition coefficient (Wildman–Crippen LogP) is 4.90. The molecule has 3 rings (SSSR count). The number of benzene rings is 2. The van der Waals surface area contributed by atoms with E-state index in [4.69, 9.17) is 0 Å². The zero-order valence-electron chi connectivity index (χ0n) is 16.0. The van der Waals surface area contributed by atoms with Crippen molar-refractivity contribution in [2.75, 3.05) is 18.4 Å². The van der Waals surface area contributed by atoms with Crippen LogP contribution in [0.5, 0.6) is 0 Å². The Labute approximate surface area is 177 Å². The standard InChI is InChI=1S/C19H15F7N2O3S/c20-15-4-3-11(7-16(15)32(30,31)28-5-1-2-6-28)17(29)27-14-9-12(18(21,22)23)8-13(10-14)19(24,25)26/h3-4,7-10H,1-2,5-6H2,(H,27,29). The van der Waals surface area contributed by atoms with Gasteiger partial charge in [-0.1, -0.05) is 0 Å². The Balaban J connectivity index is 1.96. The van der Waals surface area contributed by atoms with Crippen molar-refractivity contribution in [1.29, 1.82) is 0 Å². The third kappa shape index (κ3) is 5.04. The van der Waals surface area contributed by atoms with Crippen molar-refractivity contribution < 1.29 is 43.9 Å². The van der Waals surface area contributed by atoms with Gasteiger partial charge in [0.2, 0.25) is 10.0 Å². The zero-order chi connectivity index (χ0) is 23.9. The molecule has 174 valence electrons. The van der Waals surface area contributed by atoms with Crippen LogP contribution in [0.4, 0.5) is 36.4 Å². The van der Waals surface area contributed by atoms with Crippen LogP contribution < -0.4 is 5.32 Å². The van der Waals surface area contributed by atoms with Crippen LogP contribution in [0.1, 0.15) is 34.3 Å². The van der Waals surface area contributed by atoms with Crippen molar-refractivity contribution in [3.05, 3.63) is 58.9 Å². The highest BCUT2D eigenvalue weighted by Crippen LogP contribution is 2.37. The summed E-state index contributed by atoms with van der Waals surface area (Å²) in [4.78, 5) is 11.6. The van der Waals surface area contributed by atoms with Crippen LogP contribution in [-0.4, -0.2) is 31.7 Å². The minimum Gasteiger partial charge on any atom is -0.322 e. The predicted molar refractivity (Wildman–Crippen MR) is 98.8 cm³/mol. The first-order valence-electron chi connectivity index (χ1n) is 9.10. The number of carbonyl (C=O) groups excluding carboxylic acids is 1. The number of anilines is 1. The number of rotatable bonds is 4. The second-order valence-electron chi connectivity index (χ2n) is 7.01. The Morgan fingerprint density at radius 1 is 0.875 bits per heavy atom. The Hall–Kier alpha value is -2.67. The van der Waals surface area contributed by atoms with E-state index in [9.17, 15) is 43.9 Å². The van der Waals surface area contributed by atoms with Gasteiger partial charge in [-0.15, -0.1) is 0 Å². The van der Waals surface area contributed by atoms with Crippen LogP contribution in [0.25, 0.3) is 0 Å². The van der Waals surface area contributed by atoms with Crippen LogP contribution in [0.2, 0.25) is 0 Å². The van der Waals surface area contributed by atoms with Gasteiger partial charge in [0, 0.05) is 24.3 Å². The molecule has 5 nitrogen and oxygen atoms in total. The van der Waals surface area contributed by atoms with Crippen LogP contribution >= 0.6 is 0 Å². The molecular formula is C19H15F7N2O3S. The molecule has 1 saturated heterocycles. The number of hydrogen-bond donors (Lipinski definition) is 1. The first-order chi connectivity index (χ1) is 14.7. The topological polar surface area (TPSA) is 66.5 Å². The van der Waals surface area contributed by atoms with Gasteiger partial charge < -0.3 is 5.32 Å². The quantitative estimate of drug-likeness (QED) is 0.628. The van der Waals surface area contributed by atoms with Gasteiger partial charge in [0.05, 0.1) is 11.1 Å². The molecule has 0 aromatic heterocycles. The van der Waals surface area contributed by atoms with Crippen LogP contribution in [-0.2, 0) is 22.4 Å². The lowest BCUT2D eigenvalue weighted by atomic mass is 10.1. The summed E-state index contributed by atoms with van der Waals surface area (Å²) in [6.45, 7) is 0.311. The van der Waals surface area contributed by atoms with Crippen LogP contribution in [0, 0.1) is 5.82 Å². The fourth-order valence-corrected chi connectivity index (χ4v) is 4.75. The summed E-state index contributed by atoms with van der Waals surface area (Å²) in [5.41, 5.74) is -4.56. The van der Waals surface area contributed by atoms with Gasteiger partial charge in [-0.2, -0.15) is 30.6 Å². The molecule has 2 aromatic rings. The highest BCUT2D eigenvalue weighted by atomic mass is 32.2. The smallest absolute Gasteiger partial charge is 0.322 e. The van der Waals surface area contributed by atoms with Gasteiger partial charge in [0.15, 0.2) is 0 Å². The highest BCUT2D eigenvalue weighted by molar-refractivity contribution is 7.89. The number of hydrogen-bond acceptors (Lipinski definition) is 3. The molecule has 1 aliphatic rings. The molecule has 0 atom stereocenters. The van der Waals surface area contributed by atoms with Gasteiger partial charge >= 0.3 is 12.4 Å². The molecule has 1 N–H and O–H groups in total. The number of nitrogens with one attached hydrogen (secondary N) is 1. The summed E-state index contributed by atoms with van der Waals surface area (Å²) in [6, 6.07) is 2.75. The lowest BCUT2D eigenvalue weighted by Gasteiger charge is -2.17. The maximum Gasteiger partial charge on any atom is 0.416 e. The molecule has 0 bridgehead atoms. The first kappa shape index (κ1) is 24.0. The summed E-state index contributed by atoms with van der Waals surface area (Å²) in [5.74, 6) is -2.36. The number of sulfonamides is 1. The van der Waals surface area contributed by atoms with E-state index in [0.717, 1.165) is 10.4 Å². The van der Waals surface area contributed by atoms with E-state index in [1.165, 1.54) is 0 Å². The van der Waals surface area contributed by atoms with Gasteiger partial charge in [-0.25, -0.2) is 12.8 Å². The molecule has 1 aliphatic heterocycles. The third-order valence-corrected chi connectivity index (χ3v) is 6.64. The Bertz CT molecular complexity index is 1110. The molecule has 1 fully saturated rings. The van der Waals surface area contributed by atoms with Crippen molar-refractivity contribution in [2.24, 2.45) is 0 Å². The lowest BCUT2D eigenvalue weighted by molar-refractivity contribution is -0.143. The van der Waals surface area contributed by atoms with E-state index in [1.54, 1.807) is 0 Å². The molecule has 0 saturated carbocycles. The SMILES string of the molecule is O=C(Nc1cc(C(F)(F)F)cc(C(F)(F)F)c1)c1ccc(F)c(S(=O)(=O)N2CCCC2)c1. The third-order valence-electron chi connectivity index (χ3n) is 4.72. The molecular weight excluding hydrogens is 469 g/mol. The number of amides is 1. The van der Waals surface area contributed by atoms with Crippen molar-refractivity contribution in [2.45, 2.75) is 30.1 Å². The largest absolute Gasteiger partial charge is 0.416 e. The summed E-state index contributed by atoms with van der Waals surface area (Å²) >= 11 is 0. The van der Waals surface area contributed by atoms with E-state index in [2.05, 4.69) is 0 Å². The van der Waals surface area contributed by atoms with E-state index >= 15 is 0 Å². The summed E-state index contributed by atoms with van der Waals surface area (Å²) < 4.78 is 118. The number of nitrogens with zero attached hydrogens (tertiary/aromatic N) is 1. The lowest BCUT2D eigenvalue weighted by Crippen LogP contribution is -2.29. The van der Waals surface area contributed by atoms with Crippen LogP contribution in [0.15, 0.2) is 41.3 Å². The molecule has 0 radical (unpaired) electrons. The van der Waals surface area contributed by atoms with Gasteiger partial charge in [0.25, 0.3) is 5.91 Å².